The predicted molar refractivity (Wildman–Crippen MR) is 122 cm³/mol. The molecule has 1 aliphatic heterocycles. The van der Waals surface area contributed by atoms with Gasteiger partial charge >= 0.3 is 0 Å². The van der Waals surface area contributed by atoms with Gasteiger partial charge in [-0.1, -0.05) is 74.7 Å². The van der Waals surface area contributed by atoms with Gasteiger partial charge in [-0.25, -0.2) is 9.89 Å². The highest BCUT2D eigenvalue weighted by Crippen LogP contribution is 2.28. The van der Waals surface area contributed by atoms with Crippen molar-refractivity contribution in [3.63, 3.8) is 0 Å². The van der Waals surface area contributed by atoms with Crippen molar-refractivity contribution in [3.8, 4) is 0 Å². The lowest BCUT2D eigenvalue weighted by Crippen LogP contribution is -2.45. The Morgan fingerprint density at radius 2 is 1.69 bits per heavy atom. The second-order valence-corrected chi connectivity index (χ2v) is 7.60. The predicted octanol–water partition coefficient (Wildman–Crippen LogP) is 5.99. The van der Waals surface area contributed by atoms with E-state index in [4.69, 9.17) is 16.6 Å². The van der Waals surface area contributed by atoms with Crippen LogP contribution in [0.4, 0.5) is 5.69 Å². The van der Waals surface area contributed by atoms with E-state index < -0.39 is 0 Å². The summed E-state index contributed by atoms with van der Waals surface area (Å²) in [6, 6.07) is 17.2. The summed E-state index contributed by atoms with van der Waals surface area (Å²) >= 11 is 6.23. The average molecular weight is 410 g/mol. The second kappa shape index (κ2) is 10.3. The number of nitrogens with zero attached hydrogens (tertiary/aromatic N) is 3. The fourth-order valence-electron chi connectivity index (χ4n) is 3.28. The van der Waals surface area contributed by atoms with Gasteiger partial charge in [-0.05, 0) is 42.7 Å². The molecule has 1 amide bonds. The molecule has 0 saturated heterocycles. The van der Waals surface area contributed by atoms with Crippen LogP contribution in [0, 0.1) is 0 Å². The number of halogens is 1. The van der Waals surface area contributed by atoms with Crippen molar-refractivity contribution >= 4 is 35.2 Å². The Hall–Kier alpha value is -2.59. The van der Waals surface area contributed by atoms with E-state index >= 15 is 0 Å². The minimum Gasteiger partial charge on any atom is -0.342 e. The smallest absolute Gasteiger partial charge is 0.283 e. The Balaban J connectivity index is 2.03. The lowest BCUT2D eigenvalue weighted by atomic mass is 10.2. The van der Waals surface area contributed by atoms with Gasteiger partial charge in [0.1, 0.15) is 5.70 Å². The summed E-state index contributed by atoms with van der Waals surface area (Å²) in [5.74, 6) is 0.575. The van der Waals surface area contributed by atoms with Crippen LogP contribution in [0.15, 0.2) is 65.3 Å². The summed E-state index contributed by atoms with van der Waals surface area (Å²) in [5, 5.41) is 0.601. The summed E-state index contributed by atoms with van der Waals surface area (Å²) in [5.41, 5.74) is 2.15. The first-order chi connectivity index (χ1) is 14.1. The summed E-state index contributed by atoms with van der Waals surface area (Å²) in [4.78, 5) is 22.1. The van der Waals surface area contributed by atoms with Crippen molar-refractivity contribution in [2.75, 3.05) is 18.0 Å². The lowest BCUT2D eigenvalue weighted by Gasteiger charge is -2.29. The third kappa shape index (κ3) is 5.27. The van der Waals surface area contributed by atoms with Crippen LogP contribution in [0.3, 0.4) is 0 Å². The fraction of sp³-hybridized carbons (Fsp3) is 0.333. The molecule has 0 aliphatic carbocycles. The fourth-order valence-corrected chi connectivity index (χ4v) is 3.47. The lowest BCUT2D eigenvalue weighted by molar-refractivity contribution is -0.113. The minimum absolute atomic E-state index is 0.121. The number of hydrogen-bond donors (Lipinski definition) is 0. The molecule has 0 bridgehead atoms. The topological polar surface area (TPSA) is 35.9 Å². The molecule has 0 aromatic heterocycles. The molecule has 0 radical (unpaired) electrons. The highest BCUT2D eigenvalue weighted by molar-refractivity contribution is 6.32. The van der Waals surface area contributed by atoms with E-state index in [0.717, 1.165) is 50.0 Å². The van der Waals surface area contributed by atoms with E-state index in [1.807, 2.05) is 60.7 Å². The SMILES string of the molecule is CCCCN(CCCC)C1=NC(=Cc2ccccc2)C(=O)N1c1cccc(Cl)c1. The van der Waals surface area contributed by atoms with Crippen LogP contribution in [0.1, 0.15) is 45.1 Å². The van der Waals surface area contributed by atoms with Gasteiger partial charge in [0.05, 0.1) is 5.69 Å². The molecule has 3 rings (SSSR count). The van der Waals surface area contributed by atoms with E-state index in [1.54, 1.807) is 4.90 Å². The molecule has 152 valence electrons. The van der Waals surface area contributed by atoms with Crippen LogP contribution in [0.2, 0.25) is 5.02 Å². The highest BCUT2D eigenvalue weighted by atomic mass is 35.5. The number of guanidine groups is 1. The zero-order valence-corrected chi connectivity index (χ0v) is 17.9. The number of anilines is 1. The third-order valence-corrected chi connectivity index (χ3v) is 5.09. The number of rotatable bonds is 8. The van der Waals surface area contributed by atoms with E-state index in [9.17, 15) is 4.79 Å². The quantitative estimate of drug-likeness (QED) is 0.502. The van der Waals surface area contributed by atoms with Crippen molar-refractivity contribution in [1.82, 2.24) is 4.90 Å². The molecular weight excluding hydrogens is 382 g/mol. The van der Waals surface area contributed by atoms with E-state index in [2.05, 4.69) is 18.7 Å². The summed E-state index contributed by atoms with van der Waals surface area (Å²) in [6.45, 7) is 6.10. The van der Waals surface area contributed by atoms with Gasteiger partial charge < -0.3 is 4.90 Å². The van der Waals surface area contributed by atoms with Crippen LogP contribution in [-0.4, -0.2) is 29.9 Å². The van der Waals surface area contributed by atoms with Gasteiger partial charge in [-0.2, -0.15) is 0 Å². The molecule has 0 spiro atoms. The summed E-state index contributed by atoms with van der Waals surface area (Å²) in [7, 11) is 0. The van der Waals surface area contributed by atoms with Crippen molar-refractivity contribution < 1.29 is 4.79 Å². The van der Waals surface area contributed by atoms with Gasteiger partial charge in [0, 0.05) is 18.1 Å². The summed E-state index contributed by atoms with van der Waals surface area (Å²) < 4.78 is 0. The molecular formula is C24H28ClN3O. The standard InChI is InChI=1S/C24H28ClN3O/c1-3-5-15-27(16-6-4-2)24-26-22(17-19-11-8-7-9-12-19)23(29)28(24)21-14-10-13-20(25)18-21/h7-14,17-18H,3-6,15-16H2,1-2H3. The molecule has 2 aromatic carbocycles. The van der Waals surface area contributed by atoms with Crippen molar-refractivity contribution in [3.05, 3.63) is 70.9 Å². The Morgan fingerprint density at radius 1 is 1.00 bits per heavy atom. The molecule has 0 unspecified atom stereocenters. The van der Waals surface area contributed by atoms with Crippen LogP contribution >= 0.6 is 11.6 Å². The van der Waals surface area contributed by atoms with Gasteiger partial charge in [0.15, 0.2) is 0 Å². The van der Waals surface area contributed by atoms with Crippen molar-refractivity contribution in [1.29, 1.82) is 0 Å². The summed E-state index contributed by atoms with van der Waals surface area (Å²) in [6.07, 6.45) is 6.14. The first kappa shape index (κ1) is 21.1. The zero-order valence-electron chi connectivity index (χ0n) is 17.1. The number of unbranched alkanes of at least 4 members (excludes halogenated alkanes) is 2. The monoisotopic (exact) mass is 409 g/mol. The second-order valence-electron chi connectivity index (χ2n) is 7.17. The molecule has 1 aliphatic rings. The van der Waals surface area contributed by atoms with Gasteiger partial charge in [-0.15, -0.1) is 0 Å². The van der Waals surface area contributed by atoms with Crippen LogP contribution in [-0.2, 0) is 4.79 Å². The number of benzene rings is 2. The molecule has 1 heterocycles. The molecule has 4 nitrogen and oxygen atoms in total. The molecule has 0 N–H and O–H groups in total. The highest BCUT2D eigenvalue weighted by Gasteiger charge is 2.34. The van der Waals surface area contributed by atoms with Gasteiger partial charge in [0.25, 0.3) is 5.91 Å². The molecule has 0 atom stereocenters. The maximum atomic E-state index is 13.4. The molecule has 5 heteroatoms. The Morgan fingerprint density at radius 3 is 2.31 bits per heavy atom. The number of hydrogen-bond acceptors (Lipinski definition) is 3. The number of carbonyl (C=O) groups excluding carboxylic acids is 1. The molecule has 0 fully saturated rings. The minimum atomic E-state index is -0.121. The maximum absolute atomic E-state index is 13.4. The first-order valence-corrected chi connectivity index (χ1v) is 10.7. The zero-order chi connectivity index (χ0) is 20.6. The molecule has 29 heavy (non-hydrogen) atoms. The van der Waals surface area contributed by atoms with Gasteiger partial charge in [0.2, 0.25) is 5.96 Å². The van der Waals surface area contributed by atoms with E-state index in [-0.39, 0.29) is 5.91 Å². The normalized spacial score (nSPS) is 15.1. The maximum Gasteiger partial charge on any atom is 0.283 e. The Bertz CT molecular complexity index is 884. The molecule has 2 aromatic rings. The molecule has 0 saturated carbocycles. The van der Waals surface area contributed by atoms with E-state index in [1.165, 1.54) is 0 Å². The van der Waals surface area contributed by atoms with Crippen molar-refractivity contribution in [2.24, 2.45) is 4.99 Å². The largest absolute Gasteiger partial charge is 0.342 e. The van der Waals surface area contributed by atoms with Crippen LogP contribution in [0.5, 0.6) is 0 Å². The van der Waals surface area contributed by atoms with Crippen LogP contribution < -0.4 is 4.90 Å². The Labute approximate surface area is 178 Å². The number of aliphatic imine (C=N–C) groups is 1. The third-order valence-electron chi connectivity index (χ3n) is 4.86. The average Bonchev–Trinajstić information content (AvgIpc) is 3.05. The number of carbonyl (C=O) groups is 1. The van der Waals surface area contributed by atoms with Gasteiger partial charge in [-0.3, -0.25) is 4.79 Å². The number of amides is 1. The Kier molecular flexibility index (Phi) is 7.48. The van der Waals surface area contributed by atoms with Crippen LogP contribution in [0.25, 0.3) is 6.08 Å². The van der Waals surface area contributed by atoms with Crippen molar-refractivity contribution in [2.45, 2.75) is 39.5 Å². The van der Waals surface area contributed by atoms with E-state index in [0.29, 0.717) is 16.7 Å². The first-order valence-electron chi connectivity index (χ1n) is 10.3.